The van der Waals surface area contributed by atoms with Crippen LogP contribution in [0.25, 0.3) is 0 Å². The zero-order valence-electron chi connectivity index (χ0n) is 7.74. The lowest BCUT2D eigenvalue weighted by Gasteiger charge is -2.15. The first-order valence-electron chi connectivity index (χ1n) is 4.29. The van der Waals surface area contributed by atoms with Crippen LogP contribution in [-0.2, 0) is 13.6 Å². The summed E-state index contributed by atoms with van der Waals surface area (Å²) in [6.45, 7) is 6.47. The lowest BCUT2D eigenvalue weighted by molar-refractivity contribution is 0.218. The van der Waals surface area contributed by atoms with Gasteiger partial charge in [0.25, 0.3) is 0 Å². The van der Waals surface area contributed by atoms with Gasteiger partial charge in [-0.1, -0.05) is 0 Å². The molecule has 72 valence electrons. The lowest BCUT2D eigenvalue weighted by Crippen LogP contribution is -2.03. The highest BCUT2D eigenvalue weighted by atomic mass is 31.2. The summed E-state index contributed by atoms with van der Waals surface area (Å²) in [6, 6.07) is 0.258. The van der Waals surface area contributed by atoms with Crippen LogP contribution in [0, 0.1) is 0 Å². The maximum atomic E-state index is 11.9. The van der Waals surface area contributed by atoms with Gasteiger partial charge < -0.3 is 9.05 Å². The van der Waals surface area contributed by atoms with Crippen molar-refractivity contribution in [1.29, 1.82) is 0 Å². The Labute approximate surface area is 73.2 Å². The molecule has 0 bridgehead atoms. The van der Waals surface area contributed by atoms with Crippen LogP contribution in [0.1, 0.15) is 20.8 Å². The number of nitrogens with one attached hydrogen (secondary N) is 1. The van der Waals surface area contributed by atoms with Gasteiger partial charge in [-0.15, -0.1) is 0 Å². The summed E-state index contributed by atoms with van der Waals surface area (Å²) < 4.78 is 22.1. The molecule has 0 aromatic carbocycles. The van der Waals surface area contributed by atoms with Gasteiger partial charge in [0.05, 0.1) is 13.2 Å². The zero-order valence-corrected chi connectivity index (χ0v) is 8.64. The minimum absolute atomic E-state index is 0.0857. The summed E-state index contributed by atoms with van der Waals surface area (Å²) in [6.07, 6.45) is 0. The van der Waals surface area contributed by atoms with Crippen molar-refractivity contribution in [2.24, 2.45) is 0 Å². The molecular formula is C7H16NO3P. The Bertz CT molecular complexity index is 187. The van der Waals surface area contributed by atoms with E-state index in [1.165, 1.54) is 0 Å². The van der Waals surface area contributed by atoms with E-state index in [1.807, 2.05) is 20.8 Å². The second-order valence-electron chi connectivity index (χ2n) is 2.78. The fraction of sp³-hybridized carbons (Fsp3) is 1.00. The predicted octanol–water partition coefficient (Wildman–Crippen LogP) is 1.57. The Kier molecular flexibility index (Phi) is 3.29. The van der Waals surface area contributed by atoms with Gasteiger partial charge in [-0.2, -0.15) is 0 Å². The maximum Gasteiger partial charge on any atom is 0.349 e. The van der Waals surface area contributed by atoms with Gasteiger partial charge in [-0.3, -0.25) is 9.88 Å². The first-order chi connectivity index (χ1) is 5.64. The van der Waals surface area contributed by atoms with E-state index in [4.69, 9.17) is 9.05 Å². The summed E-state index contributed by atoms with van der Waals surface area (Å²) in [4.78, 5) is 0. The van der Waals surface area contributed by atoms with Crippen molar-refractivity contribution in [3.8, 4) is 0 Å². The molecule has 0 saturated carbocycles. The van der Waals surface area contributed by atoms with E-state index in [0.29, 0.717) is 13.2 Å². The Morgan fingerprint density at radius 1 is 1.33 bits per heavy atom. The monoisotopic (exact) mass is 193 g/mol. The molecular weight excluding hydrogens is 177 g/mol. The van der Waals surface area contributed by atoms with Gasteiger partial charge >= 0.3 is 7.60 Å². The molecule has 0 unspecified atom stereocenters. The zero-order chi connectivity index (χ0) is 9.19. The predicted molar refractivity (Wildman–Crippen MR) is 47.2 cm³/mol. The molecule has 0 aromatic heterocycles. The molecule has 0 aliphatic carbocycles. The quantitative estimate of drug-likeness (QED) is 0.531. The van der Waals surface area contributed by atoms with E-state index in [2.05, 4.69) is 5.32 Å². The normalized spacial score (nSPS) is 28.9. The summed E-state index contributed by atoms with van der Waals surface area (Å²) in [5, 5.41) is 3.03. The first kappa shape index (κ1) is 10.2. The van der Waals surface area contributed by atoms with Crippen molar-refractivity contribution in [2.45, 2.75) is 32.6 Å². The van der Waals surface area contributed by atoms with Crippen molar-refractivity contribution < 1.29 is 13.6 Å². The van der Waals surface area contributed by atoms with E-state index in [1.54, 1.807) is 0 Å². The number of hydrogen-bond acceptors (Lipinski definition) is 4. The Morgan fingerprint density at radius 2 is 1.75 bits per heavy atom. The van der Waals surface area contributed by atoms with Gasteiger partial charge in [-0.05, 0) is 20.8 Å². The van der Waals surface area contributed by atoms with Crippen LogP contribution in [0.2, 0.25) is 0 Å². The van der Waals surface area contributed by atoms with Crippen LogP contribution in [0.5, 0.6) is 0 Å². The van der Waals surface area contributed by atoms with Gasteiger partial charge in [0.1, 0.15) is 5.78 Å². The molecule has 0 aromatic rings. The third kappa shape index (κ3) is 2.07. The molecule has 1 rings (SSSR count). The largest absolute Gasteiger partial charge is 0.349 e. The third-order valence-electron chi connectivity index (χ3n) is 1.76. The summed E-state index contributed by atoms with van der Waals surface area (Å²) >= 11 is 0. The van der Waals surface area contributed by atoms with E-state index >= 15 is 0 Å². The van der Waals surface area contributed by atoms with Crippen molar-refractivity contribution in [2.75, 3.05) is 13.2 Å². The molecule has 1 heterocycles. The molecule has 1 N–H and O–H groups in total. The van der Waals surface area contributed by atoms with E-state index in [9.17, 15) is 4.57 Å². The highest BCUT2D eigenvalue weighted by molar-refractivity contribution is 7.55. The van der Waals surface area contributed by atoms with Gasteiger partial charge in [0.2, 0.25) is 0 Å². The lowest BCUT2D eigenvalue weighted by atomic mass is 10.6. The molecule has 1 aliphatic heterocycles. The van der Waals surface area contributed by atoms with Crippen LogP contribution < -0.4 is 5.32 Å². The molecule has 12 heavy (non-hydrogen) atoms. The third-order valence-corrected chi connectivity index (χ3v) is 4.27. The topological polar surface area (TPSA) is 57.5 Å². The van der Waals surface area contributed by atoms with Crippen molar-refractivity contribution in [1.82, 2.24) is 5.32 Å². The molecule has 0 amide bonds. The minimum Gasteiger partial charge on any atom is -0.308 e. The van der Waals surface area contributed by atoms with E-state index in [0.717, 1.165) is 0 Å². The van der Waals surface area contributed by atoms with Gasteiger partial charge in [-0.25, -0.2) is 0 Å². The standard InChI is InChI=1S/C7H16NO3P/c1-4-10-12(9,11-5-2)7-6(3)8-7/h6-8H,4-5H2,1-3H3/t6-,7+/m1/s1. The second-order valence-corrected chi connectivity index (χ2v) is 4.93. The smallest absolute Gasteiger partial charge is 0.308 e. The summed E-state index contributed by atoms with van der Waals surface area (Å²) in [5.41, 5.74) is 0. The minimum atomic E-state index is -2.85. The molecule has 2 atom stereocenters. The molecule has 0 radical (unpaired) electrons. The summed E-state index contributed by atoms with van der Waals surface area (Å²) in [7, 11) is -2.85. The van der Waals surface area contributed by atoms with Crippen LogP contribution >= 0.6 is 7.60 Å². The Balaban J connectivity index is 2.53. The number of hydrogen-bond donors (Lipinski definition) is 1. The van der Waals surface area contributed by atoms with Crippen molar-refractivity contribution in [3.63, 3.8) is 0 Å². The molecule has 0 spiro atoms. The number of rotatable bonds is 5. The molecule has 1 saturated heterocycles. The fourth-order valence-corrected chi connectivity index (χ4v) is 3.22. The van der Waals surface area contributed by atoms with Gasteiger partial charge in [0, 0.05) is 6.04 Å². The van der Waals surface area contributed by atoms with Crippen molar-refractivity contribution >= 4 is 7.60 Å². The van der Waals surface area contributed by atoms with Crippen LogP contribution in [0.15, 0.2) is 0 Å². The Morgan fingerprint density at radius 3 is 2.00 bits per heavy atom. The van der Waals surface area contributed by atoms with Crippen LogP contribution in [0.4, 0.5) is 0 Å². The van der Waals surface area contributed by atoms with E-state index < -0.39 is 7.60 Å². The van der Waals surface area contributed by atoms with E-state index in [-0.39, 0.29) is 11.8 Å². The highest BCUT2D eigenvalue weighted by Crippen LogP contribution is 2.57. The molecule has 1 fully saturated rings. The fourth-order valence-electron chi connectivity index (χ4n) is 1.14. The Hall–Kier alpha value is 0.110. The molecule has 4 nitrogen and oxygen atoms in total. The van der Waals surface area contributed by atoms with Crippen LogP contribution in [0.3, 0.4) is 0 Å². The van der Waals surface area contributed by atoms with Crippen molar-refractivity contribution in [3.05, 3.63) is 0 Å². The maximum absolute atomic E-state index is 11.9. The summed E-state index contributed by atoms with van der Waals surface area (Å²) in [5.74, 6) is -0.0857. The van der Waals surface area contributed by atoms with Crippen LogP contribution in [-0.4, -0.2) is 25.0 Å². The average molecular weight is 193 g/mol. The SMILES string of the molecule is CCOP(=O)(OCC)[C@@H]1N[C@@H]1C. The average Bonchev–Trinajstić information content (AvgIpc) is 2.68. The second kappa shape index (κ2) is 3.88. The molecule has 1 aliphatic rings. The molecule has 5 heteroatoms. The van der Waals surface area contributed by atoms with Gasteiger partial charge in [0.15, 0.2) is 0 Å². The highest BCUT2D eigenvalue weighted by Gasteiger charge is 2.49. The first-order valence-corrected chi connectivity index (χ1v) is 5.90.